The van der Waals surface area contributed by atoms with Crippen molar-refractivity contribution in [3.8, 4) is 0 Å². The van der Waals surface area contributed by atoms with Crippen molar-refractivity contribution in [3.05, 3.63) is 29.3 Å². The van der Waals surface area contributed by atoms with Crippen molar-refractivity contribution in [1.82, 2.24) is 5.43 Å². The van der Waals surface area contributed by atoms with Crippen LogP contribution in [0.15, 0.2) is 23.3 Å². The Bertz CT molecular complexity index is 742. The average Bonchev–Trinajstić information content (AvgIpc) is 2.51. The van der Waals surface area contributed by atoms with Gasteiger partial charge in [-0.2, -0.15) is 5.10 Å². The molecule has 1 aromatic rings. The van der Waals surface area contributed by atoms with Crippen molar-refractivity contribution in [2.24, 2.45) is 5.10 Å². The number of para-hydroxylation sites is 1. The summed E-state index contributed by atoms with van der Waals surface area (Å²) in [5.74, 6) is -0.423. The molecule has 1 fully saturated rings. The molecular formula is C19H29N3O3S. The first-order valence-electron chi connectivity index (χ1n) is 9.17. The molecule has 2 rings (SSSR count). The van der Waals surface area contributed by atoms with E-state index in [0.29, 0.717) is 5.69 Å². The van der Waals surface area contributed by atoms with Crippen LogP contribution in [0.25, 0.3) is 0 Å². The SMILES string of the molecule is Cc1cccc(C)c1N(CC(=O)NN=C1CCCCCCC1)S(C)(=O)=O. The number of aryl methyl sites for hydroxylation is 2. The normalized spacial score (nSPS) is 15.7. The van der Waals surface area contributed by atoms with Crippen molar-refractivity contribution < 1.29 is 13.2 Å². The van der Waals surface area contributed by atoms with E-state index >= 15 is 0 Å². The highest BCUT2D eigenvalue weighted by molar-refractivity contribution is 7.92. The Kier molecular flexibility index (Phi) is 7.20. The standard InChI is InChI=1S/C19H29N3O3S/c1-15-10-9-11-16(2)19(15)22(26(3,24)25)14-18(23)21-20-17-12-7-5-4-6-8-13-17/h9-11H,4-8,12-14H2,1-3H3,(H,21,23). The molecule has 1 N–H and O–H groups in total. The number of amides is 1. The number of hydrazone groups is 1. The lowest BCUT2D eigenvalue weighted by Gasteiger charge is -2.25. The first kappa shape index (κ1) is 20.4. The second kappa shape index (κ2) is 9.16. The summed E-state index contributed by atoms with van der Waals surface area (Å²) in [6.45, 7) is 3.40. The molecule has 0 aliphatic heterocycles. The molecule has 6 nitrogen and oxygen atoms in total. The minimum Gasteiger partial charge on any atom is -0.271 e. The van der Waals surface area contributed by atoms with Gasteiger partial charge in [0, 0.05) is 5.71 Å². The van der Waals surface area contributed by atoms with Gasteiger partial charge in [-0.3, -0.25) is 9.10 Å². The van der Waals surface area contributed by atoms with Gasteiger partial charge >= 0.3 is 0 Å². The number of carbonyl (C=O) groups excluding carboxylic acids is 1. The van der Waals surface area contributed by atoms with Gasteiger partial charge in [-0.05, 0) is 50.7 Å². The van der Waals surface area contributed by atoms with E-state index in [1.165, 1.54) is 19.3 Å². The third kappa shape index (κ3) is 5.83. The highest BCUT2D eigenvalue weighted by Gasteiger charge is 2.23. The smallest absolute Gasteiger partial charge is 0.260 e. The second-order valence-corrected chi connectivity index (χ2v) is 8.90. The van der Waals surface area contributed by atoms with Gasteiger partial charge in [-0.25, -0.2) is 13.8 Å². The van der Waals surface area contributed by atoms with E-state index in [1.807, 2.05) is 32.0 Å². The van der Waals surface area contributed by atoms with E-state index < -0.39 is 15.9 Å². The van der Waals surface area contributed by atoms with E-state index in [4.69, 9.17) is 0 Å². The second-order valence-electron chi connectivity index (χ2n) is 6.99. The van der Waals surface area contributed by atoms with Gasteiger partial charge in [0.2, 0.25) is 10.0 Å². The Hall–Kier alpha value is -1.89. The molecule has 1 aromatic carbocycles. The van der Waals surface area contributed by atoms with Crippen LogP contribution in [0.2, 0.25) is 0 Å². The van der Waals surface area contributed by atoms with Gasteiger partial charge in [0.1, 0.15) is 6.54 Å². The fraction of sp³-hybridized carbons (Fsp3) is 0.579. The van der Waals surface area contributed by atoms with Crippen LogP contribution >= 0.6 is 0 Å². The number of nitrogens with one attached hydrogen (secondary N) is 1. The Labute approximate surface area is 156 Å². The first-order valence-corrected chi connectivity index (χ1v) is 11.0. The predicted molar refractivity (Wildman–Crippen MR) is 106 cm³/mol. The fourth-order valence-electron chi connectivity index (χ4n) is 3.29. The maximum absolute atomic E-state index is 12.4. The molecule has 7 heteroatoms. The topological polar surface area (TPSA) is 78.8 Å². The summed E-state index contributed by atoms with van der Waals surface area (Å²) in [5.41, 5.74) is 5.74. The quantitative estimate of drug-likeness (QED) is 0.797. The monoisotopic (exact) mass is 379 g/mol. The first-order chi connectivity index (χ1) is 12.3. The van der Waals surface area contributed by atoms with Gasteiger partial charge in [-0.1, -0.05) is 37.5 Å². The number of sulfonamides is 1. The highest BCUT2D eigenvalue weighted by atomic mass is 32.2. The van der Waals surface area contributed by atoms with Crippen LogP contribution < -0.4 is 9.73 Å². The van der Waals surface area contributed by atoms with Gasteiger partial charge in [-0.15, -0.1) is 0 Å². The molecule has 0 radical (unpaired) electrons. The Morgan fingerprint density at radius 3 is 2.15 bits per heavy atom. The van der Waals surface area contributed by atoms with Gasteiger partial charge < -0.3 is 0 Å². The lowest BCUT2D eigenvalue weighted by Crippen LogP contribution is -2.40. The highest BCUT2D eigenvalue weighted by Crippen LogP contribution is 2.26. The number of hydrogen-bond acceptors (Lipinski definition) is 4. The molecular weight excluding hydrogens is 350 g/mol. The summed E-state index contributed by atoms with van der Waals surface area (Å²) in [5, 5.41) is 4.25. The largest absolute Gasteiger partial charge is 0.271 e. The summed E-state index contributed by atoms with van der Waals surface area (Å²) < 4.78 is 25.7. The number of rotatable bonds is 5. The maximum atomic E-state index is 12.4. The minimum atomic E-state index is -3.59. The zero-order valence-electron chi connectivity index (χ0n) is 15.9. The number of carbonyl (C=O) groups is 1. The van der Waals surface area contributed by atoms with Crippen LogP contribution in [0.5, 0.6) is 0 Å². The van der Waals surface area contributed by atoms with Crippen molar-refractivity contribution in [1.29, 1.82) is 0 Å². The molecule has 0 heterocycles. The van der Waals surface area contributed by atoms with Crippen molar-refractivity contribution in [3.63, 3.8) is 0 Å². The molecule has 1 aliphatic rings. The molecule has 0 bridgehead atoms. The van der Waals surface area contributed by atoms with Crippen molar-refractivity contribution in [2.75, 3.05) is 17.1 Å². The zero-order valence-corrected chi connectivity index (χ0v) is 16.7. The summed E-state index contributed by atoms with van der Waals surface area (Å²) in [6.07, 6.45) is 8.74. The molecule has 26 heavy (non-hydrogen) atoms. The number of anilines is 1. The lowest BCUT2D eigenvalue weighted by atomic mass is 9.99. The molecule has 1 aliphatic carbocycles. The van der Waals surface area contributed by atoms with Crippen LogP contribution in [0, 0.1) is 13.8 Å². The molecule has 1 saturated carbocycles. The number of nitrogens with zero attached hydrogens (tertiary/aromatic N) is 2. The fourth-order valence-corrected chi connectivity index (χ4v) is 4.27. The summed E-state index contributed by atoms with van der Waals surface area (Å²) in [6, 6.07) is 5.55. The number of hydrogen-bond donors (Lipinski definition) is 1. The third-order valence-corrected chi connectivity index (χ3v) is 5.76. The number of benzene rings is 1. The summed E-state index contributed by atoms with van der Waals surface area (Å²) in [7, 11) is -3.59. The Morgan fingerprint density at radius 1 is 1.08 bits per heavy atom. The molecule has 0 atom stereocenters. The van der Waals surface area contributed by atoms with Gasteiger partial charge in [0.05, 0.1) is 11.9 Å². The van der Waals surface area contributed by atoms with Crippen LogP contribution in [-0.4, -0.2) is 32.8 Å². The van der Waals surface area contributed by atoms with E-state index in [9.17, 15) is 13.2 Å². The van der Waals surface area contributed by atoms with E-state index in [-0.39, 0.29) is 6.54 Å². The zero-order chi connectivity index (χ0) is 19.2. The average molecular weight is 380 g/mol. The molecule has 144 valence electrons. The van der Waals surface area contributed by atoms with Crippen molar-refractivity contribution >= 4 is 27.3 Å². The van der Waals surface area contributed by atoms with Crippen molar-refractivity contribution in [2.45, 2.75) is 58.8 Å². The maximum Gasteiger partial charge on any atom is 0.260 e. The Balaban J connectivity index is 2.12. The van der Waals surface area contributed by atoms with Crippen LogP contribution in [-0.2, 0) is 14.8 Å². The molecule has 0 unspecified atom stereocenters. The van der Waals surface area contributed by atoms with E-state index in [2.05, 4.69) is 10.5 Å². The van der Waals surface area contributed by atoms with Crippen LogP contribution in [0.4, 0.5) is 5.69 Å². The predicted octanol–water partition coefficient (Wildman–Crippen LogP) is 3.29. The molecule has 0 spiro atoms. The Morgan fingerprint density at radius 2 is 1.62 bits per heavy atom. The molecule has 0 saturated heterocycles. The van der Waals surface area contributed by atoms with E-state index in [0.717, 1.165) is 53.1 Å². The molecule has 0 aromatic heterocycles. The van der Waals surface area contributed by atoms with Crippen LogP contribution in [0.3, 0.4) is 0 Å². The third-order valence-electron chi connectivity index (χ3n) is 4.65. The lowest BCUT2D eigenvalue weighted by molar-refractivity contribution is -0.119. The molecule has 1 amide bonds. The summed E-state index contributed by atoms with van der Waals surface area (Å²) in [4.78, 5) is 12.4. The van der Waals surface area contributed by atoms with E-state index in [1.54, 1.807) is 0 Å². The minimum absolute atomic E-state index is 0.276. The van der Waals surface area contributed by atoms with Gasteiger partial charge in [0.15, 0.2) is 0 Å². The van der Waals surface area contributed by atoms with Crippen LogP contribution in [0.1, 0.15) is 56.1 Å². The van der Waals surface area contributed by atoms with Gasteiger partial charge in [0.25, 0.3) is 5.91 Å². The summed E-state index contributed by atoms with van der Waals surface area (Å²) >= 11 is 0.